The summed E-state index contributed by atoms with van der Waals surface area (Å²) in [6, 6.07) is 7.89. The Morgan fingerprint density at radius 2 is 1.93 bits per heavy atom. The standard InChI is InChI=1S/C19H20N8/c1-13-15(6-7-16(22-13)25-9-2-3-10-25)18-23-17-12-26(19(20)27(17)24-18)14-5-4-8-21-11-14/h4-8,11,20H,2-3,9-10,12H2,1H3. The van der Waals surface area contributed by atoms with Crippen molar-refractivity contribution < 1.29 is 0 Å². The molecule has 3 aromatic heterocycles. The molecule has 3 aromatic rings. The molecule has 0 aromatic carbocycles. The Morgan fingerprint density at radius 1 is 1.07 bits per heavy atom. The van der Waals surface area contributed by atoms with Gasteiger partial charge in [-0.05, 0) is 44.0 Å². The highest BCUT2D eigenvalue weighted by atomic mass is 15.5. The number of aromatic nitrogens is 5. The van der Waals surface area contributed by atoms with Crippen LogP contribution in [0.25, 0.3) is 11.4 Å². The van der Waals surface area contributed by atoms with Crippen LogP contribution in [-0.4, -0.2) is 43.8 Å². The van der Waals surface area contributed by atoms with E-state index in [0.717, 1.165) is 41.7 Å². The van der Waals surface area contributed by atoms with Gasteiger partial charge in [0.15, 0.2) is 11.6 Å². The second-order valence-corrected chi connectivity index (χ2v) is 6.88. The van der Waals surface area contributed by atoms with Crippen molar-refractivity contribution in [3.05, 3.63) is 48.2 Å². The lowest BCUT2D eigenvalue weighted by atomic mass is 10.2. The largest absolute Gasteiger partial charge is 0.357 e. The predicted octanol–water partition coefficient (Wildman–Crippen LogP) is 2.45. The Morgan fingerprint density at radius 3 is 2.63 bits per heavy atom. The molecule has 0 radical (unpaired) electrons. The van der Waals surface area contributed by atoms with E-state index < -0.39 is 0 Å². The fourth-order valence-corrected chi connectivity index (χ4v) is 3.69. The molecule has 2 aliphatic rings. The number of pyridine rings is 2. The monoisotopic (exact) mass is 360 g/mol. The highest BCUT2D eigenvalue weighted by molar-refractivity contribution is 5.97. The number of anilines is 2. The second kappa shape index (κ2) is 6.15. The second-order valence-electron chi connectivity index (χ2n) is 6.88. The van der Waals surface area contributed by atoms with Crippen molar-refractivity contribution in [3.63, 3.8) is 0 Å². The number of aryl methyl sites for hydroxylation is 1. The fourth-order valence-electron chi connectivity index (χ4n) is 3.69. The lowest BCUT2D eigenvalue weighted by molar-refractivity contribution is 0.904. The van der Waals surface area contributed by atoms with Crippen LogP contribution in [-0.2, 0) is 6.54 Å². The van der Waals surface area contributed by atoms with Gasteiger partial charge >= 0.3 is 0 Å². The molecule has 0 aliphatic carbocycles. The van der Waals surface area contributed by atoms with Crippen molar-refractivity contribution in [1.29, 1.82) is 5.41 Å². The van der Waals surface area contributed by atoms with Gasteiger partial charge in [-0.15, -0.1) is 5.10 Å². The van der Waals surface area contributed by atoms with Crippen LogP contribution in [0.15, 0.2) is 36.7 Å². The van der Waals surface area contributed by atoms with Crippen LogP contribution in [0.5, 0.6) is 0 Å². The summed E-state index contributed by atoms with van der Waals surface area (Å²) in [6.45, 7) is 4.65. The topological polar surface area (TPSA) is 86.8 Å². The van der Waals surface area contributed by atoms with Crippen molar-refractivity contribution in [3.8, 4) is 11.4 Å². The summed E-state index contributed by atoms with van der Waals surface area (Å²) in [7, 11) is 0. The van der Waals surface area contributed by atoms with Crippen molar-refractivity contribution in [2.24, 2.45) is 0 Å². The number of rotatable bonds is 3. The van der Waals surface area contributed by atoms with Gasteiger partial charge in [0.05, 0.1) is 24.1 Å². The number of hydrogen-bond donors (Lipinski definition) is 1. The van der Waals surface area contributed by atoms with E-state index in [9.17, 15) is 0 Å². The van der Waals surface area contributed by atoms with Crippen molar-refractivity contribution in [2.75, 3.05) is 22.9 Å². The van der Waals surface area contributed by atoms with Crippen LogP contribution in [0, 0.1) is 12.3 Å². The minimum Gasteiger partial charge on any atom is -0.357 e. The van der Waals surface area contributed by atoms with Crippen LogP contribution in [0.1, 0.15) is 24.4 Å². The van der Waals surface area contributed by atoms with Gasteiger partial charge in [-0.1, -0.05) is 0 Å². The van der Waals surface area contributed by atoms with Gasteiger partial charge in [0.2, 0.25) is 5.96 Å². The molecular weight excluding hydrogens is 340 g/mol. The maximum absolute atomic E-state index is 8.44. The fraction of sp³-hybridized carbons (Fsp3) is 0.316. The van der Waals surface area contributed by atoms with Crippen molar-refractivity contribution in [2.45, 2.75) is 26.3 Å². The molecule has 1 fully saturated rings. The van der Waals surface area contributed by atoms with Crippen LogP contribution < -0.4 is 9.80 Å². The first-order valence-electron chi connectivity index (χ1n) is 9.16. The molecule has 0 unspecified atom stereocenters. The molecule has 8 nitrogen and oxygen atoms in total. The predicted molar refractivity (Wildman–Crippen MR) is 103 cm³/mol. The van der Waals surface area contributed by atoms with E-state index >= 15 is 0 Å². The van der Waals surface area contributed by atoms with Gasteiger partial charge < -0.3 is 9.80 Å². The van der Waals surface area contributed by atoms with E-state index in [2.05, 4.69) is 20.0 Å². The average Bonchev–Trinajstić information content (AvgIpc) is 3.41. The Hall–Kier alpha value is -3.29. The first-order valence-corrected chi connectivity index (χ1v) is 9.16. The van der Waals surface area contributed by atoms with Gasteiger partial charge in [0.1, 0.15) is 5.82 Å². The Balaban J connectivity index is 1.43. The minimum absolute atomic E-state index is 0.288. The van der Waals surface area contributed by atoms with E-state index in [0.29, 0.717) is 12.4 Å². The summed E-state index contributed by atoms with van der Waals surface area (Å²) in [5, 5.41) is 13.0. The maximum atomic E-state index is 8.44. The van der Waals surface area contributed by atoms with E-state index in [-0.39, 0.29) is 5.96 Å². The molecular formula is C19H20N8. The molecule has 0 bridgehead atoms. The molecule has 5 rings (SSSR count). The third-order valence-electron chi connectivity index (χ3n) is 5.13. The Bertz CT molecular complexity index is 1000. The highest BCUT2D eigenvalue weighted by Gasteiger charge is 2.29. The molecule has 136 valence electrons. The Kier molecular flexibility index (Phi) is 3.63. The quantitative estimate of drug-likeness (QED) is 0.772. The summed E-state index contributed by atoms with van der Waals surface area (Å²) >= 11 is 0. The number of nitrogens with one attached hydrogen (secondary N) is 1. The first kappa shape index (κ1) is 15.9. The highest BCUT2D eigenvalue weighted by Crippen LogP contribution is 2.27. The molecule has 0 atom stereocenters. The molecule has 2 aliphatic heterocycles. The van der Waals surface area contributed by atoms with Gasteiger partial charge in [0.25, 0.3) is 0 Å². The first-order chi connectivity index (χ1) is 13.2. The molecule has 27 heavy (non-hydrogen) atoms. The third kappa shape index (κ3) is 2.64. The third-order valence-corrected chi connectivity index (χ3v) is 5.13. The van der Waals surface area contributed by atoms with Crippen LogP contribution >= 0.6 is 0 Å². The summed E-state index contributed by atoms with van der Waals surface area (Å²) in [6.07, 6.45) is 5.92. The zero-order chi connectivity index (χ0) is 18.4. The normalized spacial score (nSPS) is 16.3. The van der Waals surface area contributed by atoms with Gasteiger partial charge in [0, 0.05) is 24.8 Å². The molecule has 5 heterocycles. The molecule has 0 amide bonds. The molecule has 0 spiro atoms. The van der Waals surface area contributed by atoms with Gasteiger partial charge in [-0.2, -0.15) is 4.68 Å². The molecule has 1 N–H and O–H groups in total. The van der Waals surface area contributed by atoms with Gasteiger partial charge in [-0.3, -0.25) is 10.4 Å². The lowest BCUT2D eigenvalue weighted by Gasteiger charge is -2.17. The van der Waals surface area contributed by atoms with Crippen LogP contribution in [0.3, 0.4) is 0 Å². The number of fused-ring (bicyclic) bond motifs is 1. The lowest BCUT2D eigenvalue weighted by Crippen LogP contribution is -2.27. The number of hydrogen-bond acceptors (Lipinski definition) is 6. The SMILES string of the molecule is Cc1nc(N2CCCC2)ccc1-c1nc2n(n1)C(=N)N(c1cccnc1)C2. The minimum atomic E-state index is 0.288. The molecule has 0 saturated carbocycles. The van der Waals surface area contributed by atoms with E-state index in [1.165, 1.54) is 12.8 Å². The molecule has 1 saturated heterocycles. The van der Waals surface area contributed by atoms with Crippen LogP contribution in [0.2, 0.25) is 0 Å². The zero-order valence-corrected chi connectivity index (χ0v) is 15.1. The van der Waals surface area contributed by atoms with Crippen molar-refractivity contribution >= 4 is 17.5 Å². The Labute approximate surface area is 157 Å². The van der Waals surface area contributed by atoms with E-state index in [1.807, 2.05) is 36.1 Å². The summed E-state index contributed by atoms with van der Waals surface area (Å²) in [4.78, 5) is 17.7. The maximum Gasteiger partial charge on any atom is 0.225 e. The van der Waals surface area contributed by atoms with E-state index in [4.69, 9.17) is 10.4 Å². The zero-order valence-electron chi connectivity index (χ0n) is 15.1. The summed E-state index contributed by atoms with van der Waals surface area (Å²) in [5.41, 5.74) is 2.70. The summed E-state index contributed by atoms with van der Waals surface area (Å²) in [5.74, 6) is 2.69. The number of nitrogens with zero attached hydrogens (tertiary/aromatic N) is 7. The average molecular weight is 360 g/mol. The molecule has 8 heteroatoms. The van der Waals surface area contributed by atoms with Crippen molar-refractivity contribution in [1.82, 2.24) is 24.7 Å². The van der Waals surface area contributed by atoms with Crippen LogP contribution in [0.4, 0.5) is 11.5 Å². The summed E-state index contributed by atoms with van der Waals surface area (Å²) < 4.78 is 1.59. The smallest absolute Gasteiger partial charge is 0.225 e. The van der Waals surface area contributed by atoms with Gasteiger partial charge in [-0.25, -0.2) is 9.97 Å². The van der Waals surface area contributed by atoms with E-state index in [1.54, 1.807) is 17.1 Å².